The summed E-state index contributed by atoms with van der Waals surface area (Å²) in [7, 11) is 0. The fraction of sp³-hybridized carbons (Fsp3) is 0.611. The highest BCUT2D eigenvalue weighted by Crippen LogP contribution is 2.07. The highest BCUT2D eigenvalue weighted by atomic mass is 16.6. The Morgan fingerprint density at radius 2 is 1.77 bits per heavy atom. The van der Waals surface area contributed by atoms with E-state index in [-0.39, 0.29) is 6.42 Å². The van der Waals surface area contributed by atoms with Gasteiger partial charge in [0.2, 0.25) is 0 Å². The van der Waals surface area contributed by atoms with E-state index in [1.807, 2.05) is 25.2 Å². The first kappa shape index (κ1) is 20.5. The minimum absolute atomic E-state index is 0.283. The molecule has 22 heavy (non-hydrogen) atoms. The van der Waals surface area contributed by atoms with E-state index in [4.69, 9.17) is 9.84 Å². The standard InChI is InChI=1S/C18H30O4/c1-2-3-11-15-18(21)22-16-13-10-8-6-4-5-7-9-12-14-17(19)20/h3,8,10-11,13,16,18,21H,2,4-7,9,12,14-15H2,1H3,(H,19,20)/b10-8-,11-3-,16-13+. The molecule has 0 bridgehead atoms. The molecule has 0 amide bonds. The van der Waals surface area contributed by atoms with Crippen molar-refractivity contribution in [2.75, 3.05) is 0 Å². The molecule has 0 saturated heterocycles. The number of carbonyl (C=O) groups is 1. The Morgan fingerprint density at radius 3 is 2.50 bits per heavy atom. The predicted octanol–water partition coefficient (Wildman–Crippen LogP) is 4.56. The van der Waals surface area contributed by atoms with Crippen molar-refractivity contribution >= 4 is 5.97 Å². The number of ether oxygens (including phenoxy) is 1. The summed E-state index contributed by atoms with van der Waals surface area (Å²) in [5.41, 5.74) is 0. The molecule has 0 aromatic rings. The molecule has 0 aliphatic carbocycles. The second-order valence-corrected chi connectivity index (χ2v) is 5.16. The lowest BCUT2D eigenvalue weighted by atomic mass is 10.1. The van der Waals surface area contributed by atoms with Gasteiger partial charge < -0.3 is 14.9 Å². The first-order valence-corrected chi connectivity index (χ1v) is 8.18. The number of hydrogen-bond acceptors (Lipinski definition) is 3. The third-order valence-corrected chi connectivity index (χ3v) is 3.06. The SMILES string of the molecule is CC/C=C\CC(O)O/C=C/C=C\CCCCCCCC(=O)O. The van der Waals surface area contributed by atoms with E-state index in [2.05, 4.69) is 6.08 Å². The second-order valence-electron chi connectivity index (χ2n) is 5.16. The van der Waals surface area contributed by atoms with Crippen molar-refractivity contribution in [2.24, 2.45) is 0 Å². The Morgan fingerprint density at radius 1 is 1.05 bits per heavy atom. The number of aliphatic hydroxyl groups is 1. The van der Waals surface area contributed by atoms with Crippen molar-refractivity contribution < 1.29 is 19.7 Å². The Hall–Kier alpha value is -1.55. The van der Waals surface area contributed by atoms with Crippen molar-refractivity contribution in [3.05, 3.63) is 36.6 Å². The van der Waals surface area contributed by atoms with Crippen LogP contribution in [-0.4, -0.2) is 22.5 Å². The first-order valence-electron chi connectivity index (χ1n) is 8.18. The summed E-state index contributed by atoms with van der Waals surface area (Å²) in [6.45, 7) is 2.05. The van der Waals surface area contributed by atoms with Crippen LogP contribution in [0.4, 0.5) is 0 Å². The Bertz CT molecular complexity index is 345. The summed E-state index contributed by atoms with van der Waals surface area (Å²) in [5.74, 6) is -0.705. The van der Waals surface area contributed by atoms with E-state index in [9.17, 15) is 9.90 Å². The van der Waals surface area contributed by atoms with Gasteiger partial charge in [-0.2, -0.15) is 0 Å². The summed E-state index contributed by atoms with van der Waals surface area (Å²) in [4.78, 5) is 10.3. The van der Waals surface area contributed by atoms with Crippen LogP contribution < -0.4 is 0 Å². The van der Waals surface area contributed by atoms with Crippen LogP contribution in [0.5, 0.6) is 0 Å². The van der Waals surface area contributed by atoms with Crippen LogP contribution in [0.1, 0.15) is 64.7 Å². The topological polar surface area (TPSA) is 66.8 Å². The summed E-state index contributed by atoms with van der Waals surface area (Å²) in [5, 5.41) is 18.0. The van der Waals surface area contributed by atoms with Gasteiger partial charge in [0.15, 0.2) is 6.29 Å². The lowest BCUT2D eigenvalue weighted by Crippen LogP contribution is -2.05. The van der Waals surface area contributed by atoms with E-state index in [1.165, 1.54) is 6.26 Å². The molecule has 0 saturated carbocycles. The maximum absolute atomic E-state index is 10.3. The molecule has 0 aliphatic heterocycles. The van der Waals surface area contributed by atoms with E-state index in [0.29, 0.717) is 6.42 Å². The minimum atomic E-state index is -0.779. The molecule has 0 heterocycles. The molecule has 126 valence electrons. The van der Waals surface area contributed by atoms with Gasteiger partial charge >= 0.3 is 5.97 Å². The van der Waals surface area contributed by atoms with E-state index in [1.54, 1.807) is 6.08 Å². The molecule has 1 atom stereocenters. The van der Waals surface area contributed by atoms with Crippen molar-refractivity contribution in [1.29, 1.82) is 0 Å². The fourth-order valence-corrected chi connectivity index (χ4v) is 1.86. The molecule has 1 unspecified atom stereocenters. The van der Waals surface area contributed by atoms with Crippen LogP contribution in [0, 0.1) is 0 Å². The van der Waals surface area contributed by atoms with Crippen molar-refractivity contribution in [2.45, 2.75) is 71.0 Å². The number of hydrogen-bond donors (Lipinski definition) is 2. The zero-order valence-electron chi connectivity index (χ0n) is 13.6. The predicted molar refractivity (Wildman–Crippen MR) is 89.4 cm³/mol. The molecule has 0 spiro atoms. The smallest absolute Gasteiger partial charge is 0.303 e. The number of carboxylic acid groups (broad SMARTS) is 1. The third kappa shape index (κ3) is 16.5. The van der Waals surface area contributed by atoms with Crippen LogP contribution in [-0.2, 0) is 9.53 Å². The number of carboxylic acids is 1. The molecule has 0 fully saturated rings. The Kier molecular flexibility index (Phi) is 14.7. The molecule has 0 rings (SSSR count). The molecule has 0 aromatic heterocycles. The van der Waals surface area contributed by atoms with Crippen LogP contribution in [0.2, 0.25) is 0 Å². The molecular formula is C18H30O4. The normalized spacial score (nSPS) is 13.4. The van der Waals surface area contributed by atoms with Gasteiger partial charge in [-0.1, -0.05) is 50.5 Å². The van der Waals surface area contributed by atoms with Crippen LogP contribution in [0.3, 0.4) is 0 Å². The molecule has 0 aliphatic rings. The molecule has 0 aromatic carbocycles. The van der Waals surface area contributed by atoms with Crippen LogP contribution in [0.15, 0.2) is 36.6 Å². The Labute approximate surface area is 134 Å². The summed E-state index contributed by atoms with van der Waals surface area (Å²) in [6.07, 6.45) is 18.3. The number of aliphatic carboxylic acids is 1. The highest BCUT2D eigenvalue weighted by Gasteiger charge is 1.97. The average Bonchev–Trinajstić information content (AvgIpc) is 2.48. The van der Waals surface area contributed by atoms with Gasteiger partial charge in [0.05, 0.1) is 6.26 Å². The van der Waals surface area contributed by atoms with Gasteiger partial charge in [-0.15, -0.1) is 0 Å². The zero-order chi connectivity index (χ0) is 16.5. The monoisotopic (exact) mass is 310 g/mol. The van der Waals surface area contributed by atoms with Gasteiger partial charge in [0, 0.05) is 12.8 Å². The fourth-order valence-electron chi connectivity index (χ4n) is 1.86. The van der Waals surface area contributed by atoms with Crippen molar-refractivity contribution in [1.82, 2.24) is 0 Å². The van der Waals surface area contributed by atoms with Gasteiger partial charge in [0.25, 0.3) is 0 Å². The molecule has 0 radical (unpaired) electrons. The number of rotatable bonds is 14. The number of allylic oxidation sites excluding steroid dienone is 4. The second kappa shape index (κ2) is 15.8. The minimum Gasteiger partial charge on any atom is -0.481 e. The number of aliphatic hydroxyl groups excluding tert-OH is 1. The van der Waals surface area contributed by atoms with Gasteiger partial charge in [-0.3, -0.25) is 4.79 Å². The molecular weight excluding hydrogens is 280 g/mol. The van der Waals surface area contributed by atoms with Crippen molar-refractivity contribution in [3.63, 3.8) is 0 Å². The van der Waals surface area contributed by atoms with Crippen molar-refractivity contribution in [3.8, 4) is 0 Å². The van der Waals surface area contributed by atoms with E-state index >= 15 is 0 Å². The molecule has 4 heteroatoms. The lowest BCUT2D eigenvalue weighted by molar-refractivity contribution is -0.137. The van der Waals surface area contributed by atoms with Gasteiger partial charge in [-0.25, -0.2) is 0 Å². The Balaban J connectivity index is 3.41. The third-order valence-electron chi connectivity index (χ3n) is 3.06. The lowest BCUT2D eigenvalue weighted by Gasteiger charge is -2.05. The largest absolute Gasteiger partial charge is 0.481 e. The van der Waals surface area contributed by atoms with Gasteiger partial charge in [0.1, 0.15) is 0 Å². The van der Waals surface area contributed by atoms with E-state index in [0.717, 1.165) is 44.9 Å². The average molecular weight is 310 g/mol. The highest BCUT2D eigenvalue weighted by molar-refractivity contribution is 5.66. The zero-order valence-corrected chi connectivity index (χ0v) is 13.6. The maximum atomic E-state index is 10.3. The van der Waals surface area contributed by atoms with E-state index < -0.39 is 12.3 Å². The number of unbranched alkanes of at least 4 members (excludes halogenated alkanes) is 5. The summed E-state index contributed by atoms with van der Waals surface area (Å²) in [6, 6.07) is 0. The summed E-state index contributed by atoms with van der Waals surface area (Å²) >= 11 is 0. The quantitative estimate of drug-likeness (QED) is 0.162. The van der Waals surface area contributed by atoms with Crippen LogP contribution >= 0.6 is 0 Å². The molecule has 4 nitrogen and oxygen atoms in total. The first-order chi connectivity index (χ1) is 10.7. The molecule has 2 N–H and O–H groups in total. The maximum Gasteiger partial charge on any atom is 0.303 e. The summed E-state index contributed by atoms with van der Waals surface area (Å²) < 4.78 is 5.10. The van der Waals surface area contributed by atoms with Crippen LogP contribution in [0.25, 0.3) is 0 Å². The van der Waals surface area contributed by atoms with Gasteiger partial charge in [-0.05, 0) is 31.8 Å².